The third-order valence-electron chi connectivity index (χ3n) is 4.75. The third kappa shape index (κ3) is 2.08. The van der Waals surface area contributed by atoms with Gasteiger partial charge in [-0.15, -0.1) is 0 Å². The van der Waals surface area contributed by atoms with E-state index < -0.39 is 11.6 Å². The van der Waals surface area contributed by atoms with E-state index in [9.17, 15) is 15.2 Å². The Morgan fingerprint density at radius 3 is 2.43 bits per heavy atom. The van der Waals surface area contributed by atoms with Gasteiger partial charge >= 0.3 is 6.09 Å². The van der Waals surface area contributed by atoms with Gasteiger partial charge in [0, 0.05) is 6.54 Å². The molecule has 4 heteroatoms. The molecule has 0 atom stereocenters. The van der Waals surface area contributed by atoms with Gasteiger partial charge in [-0.1, -0.05) is 39.8 Å². The van der Waals surface area contributed by atoms with E-state index in [-0.39, 0.29) is 11.8 Å². The summed E-state index contributed by atoms with van der Waals surface area (Å²) in [7, 11) is 0. The Morgan fingerprint density at radius 2 is 1.95 bits per heavy atom. The average molecular weight is 286 g/mol. The molecule has 0 saturated heterocycles. The van der Waals surface area contributed by atoms with Gasteiger partial charge in [0.05, 0.1) is 17.2 Å². The van der Waals surface area contributed by atoms with Crippen molar-refractivity contribution in [2.45, 2.75) is 39.7 Å². The number of nitrogens with zero attached hydrogens (tertiary/aromatic N) is 2. The highest BCUT2D eigenvalue weighted by Crippen LogP contribution is 2.47. The summed E-state index contributed by atoms with van der Waals surface area (Å²) in [5.74, 6) is 0.253. The summed E-state index contributed by atoms with van der Waals surface area (Å²) in [6.45, 7) is 8.68. The molecule has 1 aliphatic heterocycles. The number of nitriles is 1. The van der Waals surface area contributed by atoms with Crippen molar-refractivity contribution >= 4 is 6.09 Å². The average Bonchev–Trinajstić information content (AvgIpc) is 2.44. The van der Waals surface area contributed by atoms with Crippen LogP contribution >= 0.6 is 0 Å². The van der Waals surface area contributed by atoms with Crippen LogP contribution in [0.1, 0.15) is 44.4 Å². The van der Waals surface area contributed by atoms with Gasteiger partial charge in [0.1, 0.15) is 0 Å². The van der Waals surface area contributed by atoms with Gasteiger partial charge in [0.2, 0.25) is 0 Å². The van der Waals surface area contributed by atoms with Crippen LogP contribution < -0.4 is 0 Å². The Hall–Kier alpha value is -2.02. The lowest BCUT2D eigenvalue weighted by Crippen LogP contribution is -2.59. The molecule has 1 heterocycles. The molecular weight excluding hydrogens is 264 g/mol. The van der Waals surface area contributed by atoms with Crippen molar-refractivity contribution in [3.63, 3.8) is 0 Å². The zero-order valence-electron chi connectivity index (χ0n) is 13.1. The van der Waals surface area contributed by atoms with E-state index in [4.69, 9.17) is 0 Å². The van der Waals surface area contributed by atoms with Crippen LogP contribution in [0.15, 0.2) is 18.2 Å². The van der Waals surface area contributed by atoms with Crippen LogP contribution in [0.5, 0.6) is 0 Å². The first-order valence-electron chi connectivity index (χ1n) is 7.40. The predicted octanol–water partition coefficient (Wildman–Crippen LogP) is 3.60. The highest BCUT2D eigenvalue weighted by molar-refractivity contribution is 5.68. The normalized spacial score (nSPS) is 16.7. The van der Waals surface area contributed by atoms with Crippen LogP contribution in [0.25, 0.3) is 0 Å². The molecule has 0 unspecified atom stereocenters. The zero-order valence-corrected chi connectivity index (χ0v) is 13.1. The Morgan fingerprint density at radius 1 is 1.33 bits per heavy atom. The largest absolute Gasteiger partial charge is 0.465 e. The minimum atomic E-state index is -0.884. The molecule has 1 amide bonds. The van der Waals surface area contributed by atoms with Crippen LogP contribution in [0.3, 0.4) is 0 Å². The number of hydrogen-bond acceptors (Lipinski definition) is 2. The number of hydrogen-bond donors (Lipinski definition) is 1. The maximum atomic E-state index is 11.8. The lowest BCUT2D eigenvalue weighted by molar-refractivity contribution is 0.000500. The van der Waals surface area contributed by atoms with E-state index in [1.54, 1.807) is 4.90 Å². The van der Waals surface area contributed by atoms with Crippen LogP contribution in [0.2, 0.25) is 0 Å². The van der Waals surface area contributed by atoms with Crippen molar-refractivity contribution in [2.24, 2.45) is 11.8 Å². The molecule has 0 bridgehead atoms. The zero-order chi connectivity index (χ0) is 15.8. The van der Waals surface area contributed by atoms with E-state index in [0.717, 1.165) is 11.1 Å². The molecule has 0 radical (unpaired) electrons. The van der Waals surface area contributed by atoms with Crippen molar-refractivity contribution in [1.82, 2.24) is 4.90 Å². The van der Waals surface area contributed by atoms with Gasteiger partial charge in [-0.25, -0.2) is 4.79 Å². The quantitative estimate of drug-likeness (QED) is 0.903. The SMILES string of the molecule is CC(C)C1(C(C)C)c2cccc(C#N)c2CCN1C(=O)O. The van der Waals surface area contributed by atoms with Crippen molar-refractivity contribution < 1.29 is 9.90 Å². The first-order valence-corrected chi connectivity index (χ1v) is 7.40. The maximum absolute atomic E-state index is 11.8. The molecule has 0 aliphatic carbocycles. The van der Waals surface area contributed by atoms with E-state index >= 15 is 0 Å². The molecule has 0 fully saturated rings. The number of carbonyl (C=O) groups is 1. The Bertz CT molecular complexity index is 591. The molecule has 112 valence electrons. The lowest BCUT2D eigenvalue weighted by Gasteiger charge is -2.52. The maximum Gasteiger partial charge on any atom is 0.408 e. The van der Waals surface area contributed by atoms with Crippen molar-refractivity contribution in [3.8, 4) is 6.07 Å². The summed E-state index contributed by atoms with van der Waals surface area (Å²) >= 11 is 0. The fraction of sp³-hybridized carbons (Fsp3) is 0.529. The van der Waals surface area contributed by atoms with Gasteiger partial charge in [0.25, 0.3) is 0 Å². The predicted molar refractivity (Wildman–Crippen MR) is 80.9 cm³/mol. The molecule has 2 rings (SSSR count). The molecular formula is C17H22N2O2. The molecule has 1 aliphatic rings. The Labute approximate surface area is 126 Å². The van der Waals surface area contributed by atoms with Crippen molar-refractivity contribution in [2.75, 3.05) is 6.54 Å². The summed E-state index contributed by atoms with van der Waals surface area (Å²) in [6.07, 6.45) is -0.280. The number of amides is 1. The summed E-state index contributed by atoms with van der Waals surface area (Å²) in [5.41, 5.74) is 2.11. The minimum absolute atomic E-state index is 0.126. The second-order valence-electron chi connectivity index (χ2n) is 6.26. The molecule has 21 heavy (non-hydrogen) atoms. The van der Waals surface area contributed by atoms with Gasteiger partial charge in [-0.3, -0.25) is 4.90 Å². The third-order valence-corrected chi connectivity index (χ3v) is 4.75. The molecule has 1 aromatic carbocycles. The first-order chi connectivity index (χ1) is 9.87. The van der Waals surface area contributed by atoms with E-state index in [0.29, 0.717) is 18.5 Å². The molecule has 0 aromatic heterocycles. The molecule has 1 aromatic rings. The highest BCUT2D eigenvalue weighted by Gasteiger charge is 2.50. The van der Waals surface area contributed by atoms with Crippen LogP contribution in [0, 0.1) is 23.2 Å². The Kier molecular flexibility index (Phi) is 3.95. The minimum Gasteiger partial charge on any atom is -0.465 e. The lowest BCUT2D eigenvalue weighted by atomic mass is 9.66. The van der Waals surface area contributed by atoms with Crippen molar-refractivity contribution in [1.29, 1.82) is 5.26 Å². The standard InChI is InChI=1S/C17H22N2O2/c1-11(2)17(12(3)4)15-7-5-6-13(10-18)14(15)8-9-19(17)16(20)21/h5-7,11-12H,8-9H2,1-4H3,(H,20,21). The molecule has 4 nitrogen and oxygen atoms in total. The van der Waals surface area contributed by atoms with Crippen LogP contribution in [-0.4, -0.2) is 22.6 Å². The topological polar surface area (TPSA) is 64.3 Å². The first kappa shape index (κ1) is 15.4. The molecule has 0 saturated carbocycles. The second-order valence-corrected chi connectivity index (χ2v) is 6.26. The number of fused-ring (bicyclic) bond motifs is 1. The van der Waals surface area contributed by atoms with Crippen LogP contribution in [-0.2, 0) is 12.0 Å². The molecule has 0 spiro atoms. The van der Waals surface area contributed by atoms with Crippen LogP contribution in [0.4, 0.5) is 4.79 Å². The fourth-order valence-electron chi connectivity index (χ4n) is 4.06. The number of rotatable bonds is 2. The number of benzene rings is 1. The molecule has 1 N–H and O–H groups in total. The summed E-state index contributed by atoms with van der Waals surface area (Å²) < 4.78 is 0. The monoisotopic (exact) mass is 286 g/mol. The fourth-order valence-corrected chi connectivity index (χ4v) is 4.06. The van der Waals surface area contributed by atoms with Gasteiger partial charge < -0.3 is 5.11 Å². The smallest absolute Gasteiger partial charge is 0.408 e. The van der Waals surface area contributed by atoms with Gasteiger partial charge in [-0.05, 0) is 35.4 Å². The van der Waals surface area contributed by atoms with E-state index in [1.807, 2.05) is 18.2 Å². The van der Waals surface area contributed by atoms with Gasteiger partial charge in [-0.2, -0.15) is 5.26 Å². The highest BCUT2D eigenvalue weighted by atomic mass is 16.4. The number of carboxylic acid groups (broad SMARTS) is 1. The summed E-state index contributed by atoms with van der Waals surface area (Å²) in [6, 6.07) is 7.92. The van der Waals surface area contributed by atoms with E-state index in [1.165, 1.54) is 0 Å². The van der Waals surface area contributed by atoms with E-state index in [2.05, 4.69) is 33.8 Å². The summed E-state index contributed by atoms with van der Waals surface area (Å²) in [4.78, 5) is 13.4. The van der Waals surface area contributed by atoms with Crippen molar-refractivity contribution in [3.05, 3.63) is 34.9 Å². The summed E-state index contributed by atoms with van der Waals surface area (Å²) in [5, 5.41) is 19.0. The van der Waals surface area contributed by atoms with Gasteiger partial charge in [0.15, 0.2) is 0 Å². The Balaban J connectivity index is 2.79. The second kappa shape index (κ2) is 5.40.